The highest BCUT2D eigenvalue weighted by atomic mass is 32.2. The molecule has 1 amide bonds. The number of amides is 1. The molecule has 1 aromatic rings. The second-order valence-electron chi connectivity index (χ2n) is 3.78. The average Bonchev–Trinajstić information content (AvgIpc) is 2.44. The van der Waals surface area contributed by atoms with Gasteiger partial charge in [0.15, 0.2) is 0 Å². The standard InChI is InChI=1S/C12H15NOS/c14-12-6-7-15-9-11(13-12)8-10-4-2-1-3-5-10/h1-5,11H,6-9H2,(H,13,14). The molecule has 1 heterocycles. The Labute approximate surface area is 94.4 Å². The molecule has 0 spiro atoms. The monoisotopic (exact) mass is 221 g/mol. The van der Waals surface area contributed by atoms with Crippen molar-refractivity contribution in [2.45, 2.75) is 18.9 Å². The lowest BCUT2D eigenvalue weighted by Crippen LogP contribution is -2.36. The smallest absolute Gasteiger partial charge is 0.221 e. The molecule has 2 nitrogen and oxygen atoms in total. The van der Waals surface area contributed by atoms with Gasteiger partial charge >= 0.3 is 0 Å². The van der Waals surface area contributed by atoms with Gasteiger partial charge in [0.1, 0.15) is 0 Å². The number of benzene rings is 1. The molecule has 1 aromatic carbocycles. The molecule has 2 rings (SSSR count). The van der Waals surface area contributed by atoms with Crippen LogP contribution in [-0.2, 0) is 11.2 Å². The summed E-state index contributed by atoms with van der Waals surface area (Å²) >= 11 is 1.86. The molecular formula is C12H15NOS. The SMILES string of the molecule is O=C1CCSCC(Cc2ccccc2)N1. The van der Waals surface area contributed by atoms with Gasteiger partial charge in [-0.25, -0.2) is 0 Å². The van der Waals surface area contributed by atoms with Crippen molar-refractivity contribution in [3.8, 4) is 0 Å². The highest BCUT2D eigenvalue weighted by Gasteiger charge is 2.16. The Hall–Kier alpha value is -0.960. The molecule has 1 atom stereocenters. The van der Waals surface area contributed by atoms with Gasteiger partial charge in [-0.05, 0) is 12.0 Å². The van der Waals surface area contributed by atoms with Crippen LogP contribution in [0.25, 0.3) is 0 Å². The van der Waals surface area contributed by atoms with Gasteiger partial charge in [-0.1, -0.05) is 30.3 Å². The van der Waals surface area contributed by atoms with E-state index in [2.05, 4.69) is 17.4 Å². The Morgan fingerprint density at radius 2 is 2.13 bits per heavy atom. The van der Waals surface area contributed by atoms with Crippen molar-refractivity contribution in [1.29, 1.82) is 0 Å². The van der Waals surface area contributed by atoms with E-state index in [4.69, 9.17) is 0 Å². The van der Waals surface area contributed by atoms with E-state index in [0.717, 1.165) is 17.9 Å². The minimum Gasteiger partial charge on any atom is -0.352 e. The third-order valence-electron chi connectivity index (χ3n) is 2.48. The molecular weight excluding hydrogens is 206 g/mol. The van der Waals surface area contributed by atoms with Crippen LogP contribution in [0.1, 0.15) is 12.0 Å². The highest BCUT2D eigenvalue weighted by molar-refractivity contribution is 7.99. The topological polar surface area (TPSA) is 29.1 Å². The number of hydrogen-bond donors (Lipinski definition) is 1. The summed E-state index contributed by atoms with van der Waals surface area (Å²) in [5, 5.41) is 3.07. The van der Waals surface area contributed by atoms with Crippen molar-refractivity contribution in [2.75, 3.05) is 11.5 Å². The average molecular weight is 221 g/mol. The summed E-state index contributed by atoms with van der Waals surface area (Å²) in [7, 11) is 0. The highest BCUT2D eigenvalue weighted by Crippen LogP contribution is 2.13. The summed E-state index contributed by atoms with van der Waals surface area (Å²) in [5.74, 6) is 2.18. The predicted octanol–water partition coefficient (Wildman–Crippen LogP) is 1.85. The fourth-order valence-corrected chi connectivity index (χ4v) is 2.72. The summed E-state index contributed by atoms with van der Waals surface area (Å²) in [6.45, 7) is 0. The van der Waals surface area contributed by atoms with Crippen molar-refractivity contribution in [3.63, 3.8) is 0 Å². The zero-order chi connectivity index (χ0) is 10.5. The van der Waals surface area contributed by atoms with Crippen molar-refractivity contribution in [3.05, 3.63) is 35.9 Å². The van der Waals surface area contributed by atoms with Gasteiger partial charge in [0, 0.05) is 24.0 Å². The van der Waals surface area contributed by atoms with Crippen LogP contribution in [0, 0.1) is 0 Å². The van der Waals surface area contributed by atoms with Crippen molar-refractivity contribution >= 4 is 17.7 Å². The Morgan fingerprint density at radius 1 is 1.33 bits per heavy atom. The van der Waals surface area contributed by atoms with E-state index in [1.54, 1.807) is 0 Å². The van der Waals surface area contributed by atoms with E-state index in [1.165, 1.54) is 5.56 Å². The van der Waals surface area contributed by atoms with Crippen LogP contribution in [0.3, 0.4) is 0 Å². The van der Waals surface area contributed by atoms with Crippen LogP contribution in [0.4, 0.5) is 0 Å². The molecule has 0 radical (unpaired) electrons. The molecule has 1 N–H and O–H groups in total. The lowest BCUT2D eigenvalue weighted by molar-refractivity contribution is -0.121. The first-order valence-electron chi connectivity index (χ1n) is 5.25. The minimum absolute atomic E-state index is 0.195. The third kappa shape index (κ3) is 3.27. The quantitative estimate of drug-likeness (QED) is 0.826. The Morgan fingerprint density at radius 3 is 2.93 bits per heavy atom. The molecule has 0 aliphatic carbocycles. The van der Waals surface area contributed by atoms with Gasteiger partial charge in [0.2, 0.25) is 5.91 Å². The van der Waals surface area contributed by atoms with Gasteiger partial charge in [-0.15, -0.1) is 0 Å². The zero-order valence-corrected chi connectivity index (χ0v) is 9.43. The lowest BCUT2D eigenvalue weighted by atomic mass is 10.1. The molecule has 1 aliphatic rings. The van der Waals surface area contributed by atoms with Crippen LogP contribution in [0.5, 0.6) is 0 Å². The first kappa shape index (κ1) is 10.6. The lowest BCUT2D eigenvalue weighted by Gasteiger charge is -2.15. The first-order valence-corrected chi connectivity index (χ1v) is 6.41. The van der Waals surface area contributed by atoms with Crippen molar-refractivity contribution in [2.24, 2.45) is 0 Å². The minimum atomic E-state index is 0.195. The predicted molar refractivity (Wildman–Crippen MR) is 64.0 cm³/mol. The molecule has 1 aliphatic heterocycles. The number of nitrogens with one attached hydrogen (secondary N) is 1. The van der Waals surface area contributed by atoms with Crippen molar-refractivity contribution in [1.82, 2.24) is 5.32 Å². The Balaban J connectivity index is 1.96. The number of hydrogen-bond acceptors (Lipinski definition) is 2. The van der Waals surface area contributed by atoms with E-state index in [-0.39, 0.29) is 5.91 Å². The number of carbonyl (C=O) groups is 1. The zero-order valence-electron chi connectivity index (χ0n) is 8.61. The fraction of sp³-hybridized carbons (Fsp3) is 0.417. The van der Waals surface area contributed by atoms with Crippen LogP contribution in [-0.4, -0.2) is 23.5 Å². The molecule has 3 heteroatoms. The normalized spacial score (nSPS) is 21.9. The van der Waals surface area contributed by atoms with E-state index < -0.39 is 0 Å². The Bertz CT molecular complexity index is 326. The summed E-state index contributed by atoms with van der Waals surface area (Å²) < 4.78 is 0. The van der Waals surface area contributed by atoms with Gasteiger partial charge in [0.05, 0.1) is 0 Å². The third-order valence-corrected chi connectivity index (χ3v) is 3.61. The Kier molecular flexibility index (Phi) is 3.67. The molecule has 1 unspecified atom stereocenters. The number of rotatable bonds is 2. The molecule has 80 valence electrons. The van der Waals surface area contributed by atoms with Gasteiger partial charge in [-0.2, -0.15) is 11.8 Å². The van der Waals surface area contributed by atoms with Crippen LogP contribution in [0.2, 0.25) is 0 Å². The molecule has 0 aromatic heterocycles. The maximum Gasteiger partial charge on any atom is 0.221 e. The van der Waals surface area contributed by atoms with Gasteiger partial charge < -0.3 is 5.32 Å². The maximum absolute atomic E-state index is 11.4. The van der Waals surface area contributed by atoms with Crippen LogP contribution >= 0.6 is 11.8 Å². The molecule has 1 saturated heterocycles. The van der Waals surface area contributed by atoms with Gasteiger partial charge in [0.25, 0.3) is 0 Å². The largest absolute Gasteiger partial charge is 0.352 e. The number of carbonyl (C=O) groups excluding carboxylic acids is 1. The second-order valence-corrected chi connectivity index (χ2v) is 4.93. The molecule has 0 bridgehead atoms. The maximum atomic E-state index is 11.4. The summed E-state index contributed by atoms with van der Waals surface area (Å²) in [4.78, 5) is 11.4. The summed E-state index contributed by atoms with van der Waals surface area (Å²) in [6, 6.07) is 10.6. The fourth-order valence-electron chi connectivity index (χ4n) is 1.74. The van der Waals surface area contributed by atoms with Gasteiger partial charge in [-0.3, -0.25) is 4.79 Å². The second kappa shape index (κ2) is 5.21. The molecule has 1 fully saturated rings. The van der Waals surface area contributed by atoms with E-state index in [9.17, 15) is 4.79 Å². The summed E-state index contributed by atoms with van der Waals surface area (Å²) in [5.41, 5.74) is 1.30. The molecule has 0 saturated carbocycles. The van der Waals surface area contributed by atoms with Crippen LogP contribution < -0.4 is 5.32 Å². The summed E-state index contributed by atoms with van der Waals surface area (Å²) in [6.07, 6.45) is 1.61. The molecule has 15 heavy (non-hydrogen) atoms. The van der Waals surface area contributed by atoms with Crippen LogP contribution in [0.15, 0.2) is 30.3 Å². The van der Waals surface area contributed by atoms with E-state index in [0.29, 0.717) is 12.5 Å². The number of thioether (sulfide) groups is 1. The van der Waals surface area contributed by atoms with Crippen molar-refractivity contribution < 1.29 is 4.79 Å². The van der Waals surface area contributed by atoms with E-state index in [1.807, 2.05) is 30.0 Å². The first-order chi connectivity index (χ1) is 7.34. The van der Waals surface area contributed by atoms with E-state index >= 15 is 0 Å².